The number of halogens is 1. The predicted octanol–water partition coefficient (Wildman–Crippen LogP) is 3.99. The van der Waals surface area contributed by atoms with E-state index in [4.69, 9.17) is 11.6 Å². The Labute approximate surface area is 171 Å². The van der Waals surface area contributed by atoms with Gasteiger partial charge in [-0.05, 0) is 69.0 Å². The Morgan fingerprint density at radius 3 is 2.50 bits per heavy atom. The van der Waals surface area contributed by atoms with Crippen LogP contribution >= 0.6 is 11.6 Å². The minimum Gasteiger partial charge on any atom is -0.348 e. The van der Waals surface area contributed by atoms with Gasteiger partial charge in [-0.1, -0.05) is 35.4 Å². The molecule has 1 N–H and O–H groups in total. The number of benzene rings is 2. The Hall–Kier alpha value is -1.89. The normalized spacial score (nSPS) is 18.8. The van der Waals surface area contributed by atoms with Crippen molar-refractivity contribution in [1.29, 1.82) is 0 Å². The molecule has 7 heteroatoms. The molecular formula is C21H25ClN2O3S. The molecule has 0 spiro atoms. The second kappa shape index (κ2) is 8.23. The quantitative estimate of drug-likeness (QED) is 0.795. The van der Waals surface area contributed by atoms with E-state index in [0.29, 0.717) is 24.4 Å². The first kappa shape index (κ1) is 20.8. The van der Waals surface area contributed by atoms with Gasteiger partial charge in [0.2, 0.25) is 15.9 Å². The lowest BCUT2D eigenvalue weighted by Crippen LogP contribution is -2.46. The number of aryl methyl sites for hydroxylation is 2. The highest BCUT2D eigenvalue weighted by Gasteiger charge is 2.39. The minimum atomic E-state index is -3.75. The monoisotopic (exact) mass is 420 g/mol. The van der Waals surface area contributed by atoms with Crippen LogP contribution in [0.5, 0.6) is 0 Å². The molecule has 5 nitrogen and oxygen atoms in total. The average Bonchev–Trinajstić information content (AvgIpc) is 3.12. The third-order valence-corrected chi connectivity index (χ3v) is 7.35. The maximum Gasteiger partial charge on any atom is 0.243 e. The zero-order valence-electron chi connectivity index (χ0n) is 16.3. The van der Waals surface area contributed by atoms with Gasteiger partial charge in [0.05, 0.1) is 10.9 Å². The van der Waals surface area contributed by atoms with Gasteiger partial charge >= 0.3 is 0 Å². The van der Waals surface area contributed by atoms with E-state index >= 15 is 0 Å². The van der Waals surface area contributed by atoms with Crippen molar-refractivity contribution < 1.29 is 13.2 Å². The van der Waals surface area contributed by atoms with Gasteiger partial charge in [-0.25, -0.2) is 8.42 Å². The van der Waals surface area contributed by atoms with Gasteiger partial charge in [-0.2, -0.15) is 4.31 Å². The van der Waals surface area contributed by atoms with Gasteiger partial charge in [0.1, 0.15) is 6.04 Å². The molecule has 0 radical (unpaired) electrons. The Bertz CT molecular complexity index is 974. The lowest BCUT2D eigenvalue weighted by atomic mass is 10.00. The van der Waals surface area contributed by atoms with Crippen molar-refractivity contribution >= 4 is 27.5 Å². The van der Waals surface area contributed by atoms with Gasteiger partial charge in [-0.15, -0.1) is 0 Å². The van der Waals surface area contributed by atoms with Gasteiger partial charge in [0.15, 0.2) is 0 Å². The smallest absolute Gasteiger partial charge is 0.243 e. The van der Waals surface area contributed by atoms with E-state index in [9.17, 15) is 13.2 Å². The second-order valence-corrected chi connectivity index (χ2v) is 9.65. The zero-order valence-corrected chi connectivity index (χ0v) is 17.8. The van der Waals surface area contributed by atoms with E-state index in [1.54, 1.807) is 12.1 Å². The van der Waals surface area contributed by atoms with Crippen LogP contribution in [0.25, 0.3) is 0 Å². The summed E-state index contributed by atoms with van der Waals surface area (Å²) in [6.45, 7) is 6.29. The molecule has 0 saturated carbocycles. The summed E-state index contributed by atoms with van der Waals surface area (Å²) in [7, 11) is -3.75. The lowest BCUT2D eigenvalue weighted by molar-refractivity contribution is -0.124. The molecule has 3 rings (SSSR count). The number of carbonyl (C=O) groups excluding carboxylic acids is 1. The molecule has 2 aromatic carbocycles. The molecule has 1 saturated heterocycles. The first-order valence-electron chi connectivity index (χ1n) is 9.35. The molecule has 1 fully saturated rings. The van der Waals surface area contributed by atoms with Crippen LogP contribution in [-0.4, -0.2) is 31.2 Å². The highest BCUT2D eigenvalue weighted by atomic mass is 35.5. The summed E-state index contributed by atoms with van der Waals surface area (Å²) >= 11 is 5.87. The van der Waals surface area contributed by atoms with Crippen molar-refractivity contribution in [3.8, 4) is 0 Å². The summed E-state index contributed by atoms with van der Waals surface area (Å²) in [6, 6.07) is 11.2. The van der Waals surface area contributed by atoms with E-state index in [2.05, 4.69) is 11.4 Å². The fourth-order valence-corrected chi connectivity index (χ4v) is 5.51. The molecule has 1 aliphatic heterocycles. The average molecular weight is 421 g/mol. The van der Waals surface area contributed by atoms with Crippen LogP contribution in [0, 0.1) is 13.8 Å². The van der Waals surface area contributed by atoms with Gasteiger partial charge < -0.3 is 5.32 Å². The Morgan fingerprint density at radius 1 is 1.18 bits per heavy atom. The molecule has 1 heterocycles. The molecule has 2 atom stereocenters. The summed E-state index contributed by atoms with van der Waals surface area (Å²) in [6.07, 6.45) is 1.17. The van der Waals surface area contributed by atoms with Crippen molar-refractivity contribution in [2.24, 2.45) is 0 Å². The molecule has 0 bridgehead atoms. The number of rotatable bonds is 5. The molecule has 1 aliphatic rings. The molecule has 2 aromatic rings. The molecule has 28 heavy (non-hydrogen) atoms. The summed E-state index contributed by atoms with van der Waals surface area (Å²) in [5, 5.41) is 3.46. The van der Waals surface area contributed by atoms with E-state index in [0.717, 1.165) is 16.7 Å². The van der Waals surface area contributed by atoms with Crippen molar-refractivity contribution in [3.05, 3.63) is 64.2 Å². The number of carbonyl (C=O) groups is 1. The maximum absolute atomic E-state index is 13.0. The molecule has 0 aromatic heterocycles. The fourth-order valence-electron chi connectivity index (χ4n) is 3.73. The van der Waals surface area contributed by atoms with Crippen LogP contribution in [-0.2, 0) is 14.8 Å². The van der Waals surface area contributed by atoms with E-state index < -0.39 is 16.1 Å². The molecule has 2 unspecified atom stereocenters. The molecule has 150 valence electrons. The minimum absolute atomic E-state index is 0.152. The van der Waals surface area contributed by atoms with Crippen LogP contribution in [0.3, 0.4) is 0 Å². The van der Waals surface area contributed by atoms with E-state index in [1.165, 1.54) is 16.4 Å². The summed E-state index contributed by atoms with van der Waals surface area (Å²) in [4.78, 5) is 13.1. The number of hydrogen-bond donors (Lipinski definition) is 1. The first-order valence-corrected chi connectivity index (χ1v) is 11.2. The SMILES string of the molecule is Cc1ccc(C(C)NC(=O)C2CCCN2S(=O)(=O)c2ccc(Cl)cc2)c(C)c1. The topological polar surface area (TPSA) is 66.5 Å². The van der Waals surface area contributed by atoms with E-state index in [1.807, 2.05) is 32.9 Å². The highest BCUT2D eigenvalue weighted by Crippen LogP contribution is 2.28. The van der Waals surface area contributed by atoms with Crippen molar-refractivity contribution in [1.82, 2.24) is 9.62 Å². The van der Waals surface area contributed by atoms with Crippen molar-refractivity contribution in [2.45, 2.75) is 50.6 Å². The molecular weight excluding hydrogens is 396 g/mol. The largest absolute Gasteiger partial charge is 0.348 e. The predicted molar refractivity (Wildman–Crippen MR) is 111 cm³/mol. The number of sulfonamides is 1. The van der Waals surface area contributed by atoms with Crippen LogP contribution in [0.4, 0.5) is 0 Å². The summed E-state index contributed by atoms with van der Waals surface area (Å²) in [5.41, 5.74) is 3.30. The van der Waals surface area contributed by atoms with Gasteiger partial charge in [-0.3, -0.25) is 4.79 Å². The van der Waals surface area contributed by atoms with Crippen molar-refractivity contribution in [2.75, 3.05) is 6.54 Å². The standard InChI is InChI=1S/C21H25ClN2O3S/c1-14-6-11-19(15(2)13-14)16(3)23-21(25)20-5-4-12-24(20)28(26,27)18-9-7-17(22)8-10-18/h6-11,13,16,20H,4-5,12H2,1-3H3,(H,23,25). The highest BCUT2D eigenvalue weighted by molar-refractivity contribution is 7.89. The second-order valence-electron chi connectivity index (χ2n) is 7.32. The number of hydrogen-bond acceptors (Lipinski definition) is 3. The number of nitrogens with one attached hydrogen (secondary N) is 1. The Morgan fingerprint density at radius 2 is 1.86 bits per heavy atom. The van der Waals surface area contributed by atoms with Crippen LogP contribution in [0.1, 0.15) is 42.5 Å². The van der Waals surface area contributed by atoms with Crippen LogP contribution in [0.15, 0.2) is 47.4 Å². The lowest BCUT2D eigenvalue weighted by Gasteiger charge is -2.25. The molecule has 1 amide bonds. The Balaban J connectivity index is 1.78. The van der Waals surface area contributed by atoms with Crippen molar-refractivity contribution in [3.63, 3.8) is 0 Å². The summed E-state index contributed by atoms with van der Waals surface area (Å²) in [5.74, 6) is -0.262. The third-order valence-electron chi connectivity index (χ3n) is 5.18. The van der Waals surface area contributed by atoms with Gasteiger partial charge in [0.25, 0.3) is 0 Å². The maximum atomic E-state index is 13.0. The number of nitrogens with zero attached hydrogens (tertiary/aromatic N) is 1. The van der Waals surface area contributed by atoms with E-state index in [-0.39, 0.29) is 16.8 Å². The zero-order chi connectivity index (χ0) is 20.5. The first-order chi connectivity index (χ1) is 13.2. The van der Waals surface area contributed by atoms with Crippen LogP contribution < -0.4 is 5.32 Å². The van der Waals surface area contributed by atoms with Crippen LogP contribution in [0.2, 0.25) is 5.02 Å². The van der Waals surface area contributed by atoms with Gasteiger partial charge in [0, 0.05) is 11.6 Å². The Kier molecular flexibility index (Phi) is 6.12. The fraction of sp³-hybridized carbons (Fsp3) is 0.381. The summed E-state index contributed by atoms with van der Waals surface area (Å²) < 4.78 is 27.3. The molecule has 0 aliphatic carbocycles. The third kappa shape index (κ3) is 4.24. The number of amides is 1.